The van der Waals surface area contributed by atoms with Gasteiger partial charge in [0.05, 0.1) is 12.2 Å². The lowest BCUT2D eigenvalue weighted by Gasteiger charge is -2.28. The second-order valence-corrected chi connectivity index (χ2v) is 6.48. The van der Waals surface area contributed by atoms with Crippen LogP contribution in [0.3, 0.4) is 0 Å². The van der Waals surface area contributed by atoms with Crippen molar-refractivity contribution in [1.82, 2.24) is 5.32 Å². The van der Waals surface area contributed by atoms with Gasteiger partial charge in [-0.1, -0.05) is 44.2 Å². The third-order valence-corrected chi connectivity index (χ3v) is 4.43. The maximum absolute atomic E-state index is 5.96. The van der Waals surface area contributed by atoms with E-state index in [2.05, 4.69) is 49.5 Å². The molecule has 4 atom stereocenters. The number of fused-ring (bicyclic) bond motifs is 2. The topological polar surface area (TPSA) is 21.3 Å². The van der Waals surface area contributed by atoms with Gasteiger partial charge in [-0.2, -0.15) is 0 Å². The largest absolute Gasteiger partial charge is 0.373 e. The van der Waals surface area contributed by atoms with Crippen LogP contribution in [0.1, 0.15) is 51.1 Å². The van der Waals surface area contributed by atoms with Crippen LogP contribution in [0, 0.1) is 5.92 Å². The Morgan fingerprint density at radius 3 is 2.58 bits per heavy atom. The van der Waals surface area contributed by atoms with Gasteiger partial charge in [0.1, 0.15) is 0 Å². The molecule has 0 aliphatic carbocycles. The molecule has 4 unspecified atom stereocenters. The van der Waals surface area contributed by atoms with E-state index in [1.54, 1.807) is 0 Å². The van der Waals surface area contributed by atoms with Crippen LogP contribution in [0.15, 0.2) is 30.3 Å². The molecule has 3 rings (SSSR count). The molecule has 1 aromatic rings. The Labute approximate surface area is 116 Å². The lowest BCUT2D eigenvalue weighted by atomic mass is 9.91. The van der Waals surface area contributed by atoms with Gasteiger partial charge in [-0.05, 0) is 37.2 Å². The zero-order valence-electron chi connectivity index (χ0n) is 12.0. The summed E-state index contributed by atoms with van der Waals surface area (Å²) in [6, 6.07) is 11.9. The molecule has 2 fully saturated rings. The van der Waals surface area contributed by atoms with Crippen molar-refractivity contribution in [1.29, 1.82) is 0 Å². The molecule has 0 spiro atoms. The average molecular weight is 259 g/mol. The van der Waals surface area contributed by atoms with Crippen LogP contribution in [0.4, 0.5) is 0 Å². The number of nitrogens with one attached hydrogen (secondary N) is 1. The lowest BCUT2D eigenvalue weighted by molar-refractivity contribution is 0.0955. The molecular formula is C17H25NO. The zero-order chi connectivity index (χ0) is 13.2. The summed E-state index contributed by atoms with van der Waals surface area (Å²) in [5.41, 5.74) is 1.42. The van der Waals surface area contributed by atoms with E-state index < -0.39 is 0 Å². The molecule has 0 amide bonds. The standard InChI is InChI=1S/C17H25NO/c1-12(2)10-15(13-6-4-3-5-7-13)18-16-11-14-8-9-17(16)19-14/h3-7,12,14-18H,8-11H2,1-2H3. The smallest absolute Gasteiger partial charge is 0.0733 e. The predicted octanol–water partition coefficient (Wildman–Crippen LogP) is 3.68. The van der Waals surface area contributed by atoms with E-state index >= 15 is 0 Å². The minimum atomic E-state index is 0.461. The predicted molar refractivity (Wildman–Crippen MR) is 78.1 cm³/mol. The van der Waals surface area contributed by atoms with Crippen molar-refractivity contribution in [3.8, 4) is 0 Å². The summed E-state index contributed by atoms with van der Waals surface area (Å²) in [5.74, 6) is 0.706. The lowest BCUT2D eigenvalue weighted by Crippen LogP contribution is -2.40. The van der Waals surface area contributed by atoms with Crippen LogP contribution in [-0.4, -0.2) is 18.2 Å². The minimum absolute atomic E-state index is 0.461. The molecule has 2 heterocycles. The van der Waals surface area contributed by atoms with Crippen LogP contribution in [0.5, 0.6) is 0 Å². The number of benzene rings is 1. The molecule has 2 saturated heterocycles. The van der Waals surface area contributed by atoms with Gasteiger partial charge < -0.3 is 10.1 Å². The van der Waals surface area contributed by atoms with Crippen molar-refractivity contribution >= 4 is 0 Å². The van der Waals surface area contributed by atoms with Crippen molar-refractivity contribution in [2.75, 3.05) is 0 Å². The molecular weight excluding hydrogens is 234 g/mol. The molecule has 1 aromatic carbocycles. The van der Waals surface area contributed by atoms with Crippen molar-refractivity contribution in [2.45, 2.75) is 63.8 Å². The second-order valence-electron chi connectivity index (χ2n) is 6.48. The number of hydrogen-bond acceptors (Lipinski definition) is 2. The first kappa shape index (κ1) is 13.1. The highest BCUT2D eigenvalue weighted by Crippen LogP contribution is 2.36. The molecule has 0 radical (unpaired) electrons. The zero-order valence-corrected chi connectivity index (χ0v) is 12.0. The van der Waals surface area contributed by atoms with E-state index in [0.29, 0.717) is 30.2 Å². The summed E-state index contributed by atoms with van der Waals surface area (Å²) < 4.78 is 5.96. The van der Waals surface area contributed by atoms with E-state index in [4.69, 9.17) is 4.74 Å². The number of hydrogen-bond donors (Lipinski definition) is 1. The first-order valence-corrected chi connectivity index (χ1v) is 7.69. The Bertz CT molecular complexity index is 403. The molecule has 2 aliphatic heterocycles. The SMILES string of the molecule is CC(C)CC(NC1CC2CCC1O2)c1ccccc1. The van der Waals surface area contributed by atoms with E-state index in [-0.39, 0.29) is 0 Å². The Balaban J connectivity index is 1.69. The van der Waals surface area contributed by atoms with Gasteiger partial charge in [0, 0.05) is 12.1 Å². The monoisotopic (exact) mass is 259 g/mol. The first-order valence-electron chi connectivity index (χ1n) is 7.69. The molecule has 2 heteroatoms. The van der Waals surface area contributed by atoms with E-state index in [9.17, 15) is 0 Å². The van der Waals surface area contributed by atoms with Crippen molar-refractivity contribution in [3.05, 3.63) is 35.9 Å². The first-order chi connectivity index (χ1) is 9.22. The van der Waals surface area contributed by atoms with Crippen molar-refractivity contribution in [3.63, 3.8) is 0 Å². The highest BCUT2D eigenvalue weighted by atomic mass is 16.5. The van der Waals surface area contributed by atoms with Crippen LogP contribution < -0.4 is 5.32 Å². The van der Waals surface area contributed by atoms with E-state index in [0.717, 1.165) is 0 Å². The Morgan fingerprint density at radius 1 is 1.21 bits per heavy atom. The molecule has 1 N–H and O–H groups in total. The van der Waals surface area contributed by atoms with Gasteiger partial charge in [-0.25, -0.2) is 0 Å². The van der Waals surface area contributed by atoms with Crippen LogP contribution >= 0.6 is 0 Å². The molecule has 2 nitrogen and oxygen atoms in total. The fourth-order valence-corrected chi connectivity index (χ4v) is 3.53. The van der Waals surface area contributed by atoms with Crippen molar-refractivity contribution < 1.29 is 4.74 Å². The van der Waals surface area contributed by atoms with Crippen molar-refractivity contribution in [2.24, 2.45) is 5.92 Å². The third kappa shape index (κ3) is 3.01. The van der Waals surface area contributed by atoms with Gasteiger partial charge in [0.25, 0.3) is 0 Å². The third-order valence-electron chi connectivity index (χ3n) is 4.43. The maximum Gasteiger partial charge on any atom is 0.0733 e. The maximum atomic E-state index is 5.96. The summed E-state index contributed by atoms with van der Waals surface area (Å²) in [6.07, 6.45) is 5.89. The average Bonchev–Trinajstić information content (AvgIpc) is 3.01. The summed E-state index contributed by atoms with van der Waals surface area (Å²) >= 11 is 0. The normalized spacial score (nSPS) is 31.0. The molecule has 2 bridgehead atoms. The summed E-state index contributed by atoms with van der Waals surface area (Å²) in [6.45, 7) is 4.60. The van der Waals surface area contributed by atoms with Crippen LogP contribution in [0.25, 0.3) is 0 Å². The van der Waals surface area contributed by atoms with E-state index in [1.165, 1.54) is 31.2 Å². The van der Waals surface area contributed by atoms with Gasteiger partial charge in [-0.3, -0.25) is 0 Å². The van der Waals surface area contributed by atoms with Gasteiger partial charge in [0.2, 0.25) is 0 Å². The van der Waals surface area contributed by atoms with Crippen LogP contribution in [0.2, 0.25) is 0 Å². The summed E-state index contributed by atoms with van der Waals surface area (Å²) in [7, 11) is 0. The molecule has 0 aromatic heterocycles. The highest BCUT2D eigenvalue weighted by Gasteiger charge is 2.41. The molecule has 19 heavy (non-hydrogen) atoms. The fourth-order valence-electron chi connectivity index (χ4n) is 3.53. The number of rotatable bonds is 5. The van der Waals surface area contributed by atoms with Gasteiger partial charge in [-0.15, -0.1) is 0 Å². The molecule has 104 valence electrons. The van der Waals surface area contributed by atoms with E-state index in [1.807, 2.05) is 0 Å². The molecule has 0 saturated carbocycles. The van der Waals surface area contributed by atoms with Gasteiger partial charge >= 0.3 is 0 Å². The molecule has 2 aliphatic rings. The fraction of sp³-hybridized carbons (Fsp3) is 0.647. The number of ether oxygens (including phenoxy) is 1. The Kier molecular flexibility index (Phi) is 3.90. The van der Waals surface area contributed by atoms with Gasteiger partial charge in [0.15, 0.2) is 0 Å². The highest BCUT2D eigenvalue weighted by molar-refractivity contribution is 5.19. The quantitative estimate of drug-likeness (QED) is 0.871. The van der Waals surface area contributed by atoms with Crippen LogP contribution in [-0.2, 0) is 4.74 Å². The Hall–Kier alpha value is -0.860. The Morgan fingerprint density at radius 2 is 2.00 bits per heavy atom. The summed E-state index contributed by atoms with van der Waals surface area (Å²) in [4.78, 5) is 0. The minimum Gasteiger partial charge on any atom is -0.373 e. The second kappa shape index (κ2) is 5.64. The summed E-state index contributed by atoms with van der Waals surface area (Å²) in [5, 5.41) is 3.87.